The van der Waals surface area contributed by atoms with E-state index in [1.54, 1.807) is 41.9 Å². The number of nitrogens with one attached hydrogen (secondary N) is 1. The summed E-state index contributed by atoms with van der Waals surface area (Å²) in [7, 11) is 1.80. The lowest BCUT2D eigenvalue weighted by Gasteiger charge is -2.39. The van der Waals surface area contributed by atoms with Crippen LogP contribution in [0.3, 0.4) is 0 Å². The minimum Gasteiger partial charge on any atom is -0.504 e. The highest BCUT2D eigenvalue weighted by Gasteiger charge is 2.56. The maximum Gasteiger partial charge on any atom is 0.490 e. The molecule has 5 aliphatic rings. The number of imidazole rings is 1. The summed E-state index contributed by atoms with van der Waals surface area (Å²) >= 11 is 2.95. The second-order valence-electron chi connectivity index (χ2n) is 11.3. The number of aliphatic imine (C=N–C) groups is 1. The second kappa shape index (κ2) is 13.4. The number of fused-ring (bicyclic) bond motifs is 3. The van der Waals surface area contributed by atoms with Gasteiger partial charge < -0.3 is 36.0 Å². The highest BCUT2D eigenvalue weighted by molar-refractivity contribution is 8.05. The Hall–Kier alpha value is -4.83. The van der Waals surface area contributed by atoms with Crippen LogP contribution >= 0.6 is 23.5 Å². The number of benzene rings is 1. The van der Waals surface area contributed by atoms with E-state index in [9.17, 15) is 46.1 Å². The first-order valence-corrected chi connectivity index (χ1v) is 16.1. The number of anilines is 1. The molecule has 1 aromatic heterocycles. The molecular formula is C29H24F6N6O8S2. The molecule has 0 radical (unpaired) electrons. The number of alkyl halides is 6. The summed E-state index contributed by atoms with van der Waals surface area (Å²) < 4.78 is 65.2. The predicted octanol–water partition coefficient (Wildman–Crippen LogP) is 2.51. The van der Waals surface area contributed by atoms with Crippen LogP contribution in [-0.4, -0.2) is 90.2 Å². The number of hydrogen-bond acceptors (Lipinski definition) is 12. The number of carbonyl (C=O) groups is 4. The molecule has 2 aromatic rings. The van der Waals surface area contributed by atoms with E-state index in [1.165, 1.54) is 11.8 Å². The highest BCUT2D eigenvalue weighted by atomic mass is 32.2. The van der Waals surface area contributed by atoms with Gasteiger partial charge in [0.1, 0.15) is 16.8 Å². The van der Waals surface area contributed by atoms with Gasteiger partial charge in [-0.25, -0.2) is 14.6 Å². The van der Waals surface area contributed by atoms with Crippen LogP contribution in [0.15, 0.2) is 43.3 Å². The standard InChI is InChI=1S/C25H22N6O4S2.2C2HF3O2/c1-31-9-29-23(13(31)6-12(26)24(34)35)37-15-5-11(32)4-14-25(15)7-16(36-14)30-21-18(25)19-17-10(2-3-27-19)8-28-20(17)22(21)33;2*3-2(4,5)1(6)7/h4-5,8-9,12,16,30,33H,2-3,6-7,26H2,1H3,(H,34,35);2*(H,6,7)/t12-,16+,25+;;/m0../s1. The van der Waals surface area contributed by atoms with Crippen molar-refractivity contribution in [2.75, 3.05) is 11.9 Å². The van der Waals surface area contributed by atoms with E-state index in [2.05, 4.69) is 15.3 Å². The van der Waals surface area contributed by atoms with Crippen LogP contribution in [0.25, 0.3) is 5.57 Å². The Morgan fingerprint density at radius 1 is 1.14 bits per heavy atom. The minimum atomic E-state index is -5.08. The lowest BCUT2D eigenvalue weighted by Crippen LogP contribution is -2.45. The molecule has 51 heavy (non-hydrogen) atoms. The average molecular weight is 763 g/mol. The molecule has 1 saturated heterocycles. The molecule has 5 heterocycles. The number of carboxylic acid groups (broad SMARTS) is 3. The van der Waals surface area contributed by atoms with Crippen LogP contribution in [-0.2, 0) is 38.1 Å². The SMILES string of the molecule is Cn1cnc(SC2=CC(=O)C=C3S[C@@H]4C[C@]23c2c(c(O)c3c5c2=NCCC=5C=N3)N4)c1C[C@H](N)C(=O)O.O=C(O)C(F)(F)F.O=C(O)C(F)(F)F. The van der Waals surface area contributed by atoms with Gasteiger partial charge in [-0.2, -0.15) is 26.3 Å². The van der Waals surface area contributed by atoms with Gasteiger partial charge in [0, 0.05) is 46.8 Å². The molecular weight excluding hydrogens is 738 g/mol. The summed E-state index contributed by atoms with van der Waals surface area (Å²) in [4.78, 5) is 57.8. The second-order valence-corrected chi connectivity index (χ2v) is 13.6. The van der Waals surface area contributed by atoms with Crippen LogP contribution in [0.4, 0.5) is 37.7 Å². The van der Waals surface area contributed by atoms with Crippen molar-refractivity contribution in [1.82, 2.24) is 9.55 Å². The zero-order chi connectivity index (χ0) is 37.8. The zero-order valence-corrected chi connectivity index (χ0v) is 27.3. The Balaban J connectivity index is 0.000000307. The van der Waals surface area contributed by atoms with E-state index in [-0.39, 0.29) is 23.3 Å². The number of aromatic nitrogens is 2. The Morgan fingerprint density at radius 2 is 1.76 bits per heavy atom. The molecule has 0 unspecified atom stereocenters. The zero-order valence-electron chi connectivity index (χ0n) is 25.7. The van der Waals surface area contributed by atoms with Crippen LogP contribution in [0.2, 0.25) is 0 Å². The molecule has 272 valence electrons. The third-order valence-corrected chi connectivity index (χ3v) is 10.6. The van der Waals surface area contributed by atoms with Crippen molar-refractivity contribution in [3.05, 3.63) is 50.1 Å². The van der Waals surface area contributed by atoms with Crippen molar-refractivity contribution in [3.8, 4) is 5.75 Å². The summed E-state index contributed by atoms with van der Waals surface area (Å²) in [6.45, 7) is 0.624. The Morgan fingerprint density at radius 3 is 2.35 bits per heavy atom. The number of aliphatic carboxylic acids is 3. The van der Waals surface area contributed by atoms with Gasteiger partial charge in [-0.1, -0.05) is 11.8 Å². The van der Waals surface area contributed by atoms with Crippen molar-refractivity contribution in [3.63, 3.8) is 0 Å². The average Bonchev–Trinajstić information content (AvgIpc) is 3.70. The van der Waals surface area contributed by atoms with Crippen molar-refractivity contribution in [2.24, 2.45) is 22.8 Å². The number of ketones is 1. The van der Waals surface area contributed by atoms with E-state index < -0.39 is 41.7 Å². The third-order valence-electron chi connectivity index (χ3n) is 8.07. The van der Waals surface area contributed by atoms with Crippen molar-refractivity contribution >= 4 is 70.4 Å². The van der Waals surface area contributed by atoms with Gasteiger partial charge >= 0.3 is 30.3 Å². The van der Waals surface area contributed by atoms with Gasteiger partial charge in [-0.05, 0) is 30.6 Å². The summed E-state index contributed by atoms with van der Waals surface area (Å²) in [5, 5.41) is 40.7. The first kappa shape index (κ1) is 37.4. The van der Waals surface area contributed by atoms with E-state index in [0.717, 1.165) is 37.9 Å². The van der Waals surface area contributed by atoms with Crippen LogP contribution in [0, 0.1) is 0 Å². The predicted molar refractivity (Wildman–Crippen MR) is 168 cm³/mol. The Labute approximate surface area is 289 Å². The first-order chi connectivity index (χ1) is 23.7. The number of phenolic OH excluding ortho intramolecular Hbond substituents is 1. The van der Waals surface area contributed by atoms with Crippen molar-refractivity contribution in [2.45, 2.75) is 53.5 Å². The number of rotatable bonds is 5. The molecule has 1 fully saturated rings. The number of carbonyl (C=O) groups excluding carboxylic acids is 1. The molecule has 7 rings (SSSR count). The van der Waals surface area contributed by atoms with Gasteiger partial charge in [0.05, 0.1) is 33.9 Å². The molecule has 2 bridgehead atoms. The topological polar surface area (TPSA) is 230 Å². The smallest absolute Gasteiger partial charge is 0.490 e. The third kappa shape index (κ3) is 6.94. The number of aryl methyl sites for hydroxylation is 1. The number of phenols is 1. The minimum absolute atomic E-state index is 0.0501. The molecule has 0 saturated carbocycles. The van der Waals surface area contributed by atoms with Crippen LogP contribution in [0.5, 0.6) is 5.75 Å². The molecule has 3 atom stereocenters. The van der Waals surface area contributed by atoms with Gasteiger partial charge in [0.15, 0.2) is 11.5 Å². The largest absolute Gasteiger partial charge is 0.504 e. The molecule has 14 nitrogen and oxygen atoms in total. The monoisotopic (exact) mass is 762 g/mol. The fraction of sp³-hybridized carbons (Fsp3) is 0.345. The molecule has 1 aliphatic carbocycles. The number of carboxylic acids is 3. The Bertz CT molecular complexity index is 2070. The summed E-state index contributed by atoms with van der Waals surface area (Å²) in [6.07, 6.45) is -1.85. The lowest BCUT2D eigenvalue weighted by molar-refractivity contribution is -0.193. The van der Waals surface area contributed by atoms with Gasteiger partial charge in [-0.3, -0.25) is 19.6 Å². The number of hydrogen-bond donors (Lipinski definition) is 6. The fourth-order valence-electron chi connectivity index (χ4n) is 5.87. The van der Waals surface area contributed by atoms with Crippen molar-refractivity contribution < 1.29 is 65.9 Å². The van der Waals surface area contributed by atoms with E-state index in [1.807, 2.05) is 6.21 Å². The Kier molecular flexibility index (Phi) is 9.82. The number of nitrogens with zero attached hydrogens (tertiary/aromatic N) is 4. The summed E-state index contributed by atoms with van der Waals surface area (Å²) in [5.74, 6) is -6.61. The summed E-state index contributed by atoms with van der Waals surface area (Å²) in [5.41, 5.74) is 8.95. The maximum atomic E-state index is 12.9. The highest BCUT2D eigenvalue weighted by Crippen LogP contribution is 2.65. The number of halogens is 6. The number of aromatic hydroxyl groups is 1. The van der Waals surface area contributed by atoms with Crippen molar-refractivity contribution in [1.29, 1.82) is 0 Å². The molecule has 7 N–H and O–H groups in total. The van der Waals surface area contributed by atoms with Gasteiger partial charge in [0.25, 0.3) is 0 Å². The quantitative estimate of drug-likeness (QED) is 0.190. The normalized spacial score (nSPS) is 21.2. The molecule has 0 amide bonds. The van der Waals surface area contributed by atoms with Gasteiger partial charge in [0.2, 0.25) is 0 Å². The number of allylic oxidation sites excluding steroid dienone is 4. The fourth-order valence-corrected chi connectivity index (χ4v) is 8.73. The number of thioether (sulfide) groups is 2. The van der Waals surface area contributed by atoms with E-state index in [4.69, 9.17) is 30.5 Å². The van der Waals surface area contributed by atoms with Crippen LogP contribution < -0.4 is 21.6 Å². The van der Waals surface area contributed by atoms with Gasteiger partial charge in [-0.15, -0.1) is 11.8 Å². The maximum absolute atomic E-state index is 12.9. The summed E-state index contributed by atoms with van der Waals surface area (Å²) in [6, 6.07) is -1.08. The van der Waals surface area contributed by atoms with E-state index >= 15 is 0 Å². The first-order valence-electron chi connectivity index (χ1n) is 14.4. The molecule has 22 heteroatoms. The lowest BCUT2D eigenvalue weighted by atomic mass is 9.71. The number of nitrogens with two attached hydrogens (primary N) is 1. The van der Waals surface area contributed by atoms with Crippen LogP contribution in [0.1, 0.15) is 24.1 Å². The van der Waals surface area contributed by atoms with E-state index in [0.29, 0.717) is 35.1 Å². The molecule has 1 spiro atoms. The molecule has 1 aromatic carbocycles. The molecule has 4 aliphatic heterocycles.